The fourth-order valence-electron chi connectivity index (χ4n) is 2.02. The molecule has 1 aliphatic heterocycles. The van der Waals surface area contributed by atoms with E-state index in [1.54, 1.807) is 31.0 Å². The van der Waals surface area contributed by atoms with Gasteiger partial charge in [0.2, 0.25) is 5.91 Å². The molecule has 0 aliphatic carbocycles. The number of nitrogens with one attached hydrogen (secondary N) is 1. The Balaban J connectivity index is 2.06. The lowest BCUT2D eigenvalue weighted by Gasteiger charge is -2.14. The third kappa shape index (κ3) is 2.55. The summed E-state index contributed by atoms with van der Waals surface area (Å²) in [4.78, 5) is 13.4. The van der Waals surface area contributed by atoms with Crippen molar-refractivity contribution in [1.82, 2.24) is 4.90 Å². The number of anilines is 1. The molecular formula is C13H17FN2O2. The molecule has 1 unspecified atom stereocenters. The van der Waals surface area contributed by atoms with E-state index in [1.807, 2.05) is 0 Å². The van der Waals surface area contributed by atoms with E-state index in [-0.39, 0.29) is 17.7 Å². The van der Waals surface area contributed by atoms with Gasteiger partial charge in [-0.2, -0.15) is 0 Å². The minimum atomic E-state index is -0.416. The van der Waals surface area contributed by atoms with Gasteiger partial charge in [-0.05, 0) is 25.5 Å². The summed E-state index contributed by atoms with van der Waals surface area (Å²) in [5.74, 6) is -0.136. The van der Waals surface area contributed by atoms with Gasteiger partial charge < -0.3 is 15.0 Å². The summed E-state index contributed by atoms with van der Waals surface area (Å²) in [7, 11) is 1.77. The number of likely N-dealkylation sites (tertiary alicyclic amines) is 1. The van der Waals surface area contributed by atoms with E-state index in [1.165, 1.54) is 6.07 Å². The number of hydrogen-bond donors (Lipinski definition) is 1. The maximum Gasteiger partial charge on any atom is 0.244 e. The first-order chi connectivity index (χ1) is 8.61. The second kappa shape index (κ2) is 5.25. The van der Waals surface area contributed by atoms with Crippen molar-refractivity contribution in [3.05, 3.63) is 24.0 Å². The van der Waals surface area contributed by atoms with Crippen LogP contribution < -0.4 is 10.1 Å². The Kier molecular flexibility index (Phi) is 3.69. The van der Waals surface area contributed by atoms with Crippen LogP contribution in [0.4, 0.5) is 10.1 Å². The molecule has 1 saturated heterocycles. The molecule has 1 aliphatic rings. The summed E-state index contributed by atoms with van der Waals surface area (Å²) in [6, 6.07) is 4.40. The Bertz CT molecular complexity index is 451. The fourth-order valence-corrected chi connectivity index (χ4v) is 2.02. The lowest BCUT2D eigenvalue weighted by Crippen LogP contribution is -2.30. The number of hydrogen-bond acceptors (Lipinski definition) is 3. The number of nitrogens with zero attached hydrogens (tertiary/aromatic N) is 1. The summed E-state index contributed by atoms with van der Waals surface area (Å²) in [6.07, 6.45) is 0.740. The first-order valence-electron chi connectivity index (χ1n) is 6.05. The van der Waals surface area contributed by atoms with Crippen LogP contribution in [0.15, 0.2) is 18.2 Å². The third-order valence-electron chi connectivity index (χ3n) is 3.00. The molecule has 1 amide bonds. The summed E-state index contributed by atoms with van der Waals surface area (Å²) < 4.78 is 18.7. The number of ether oxygens (including phenoxy) is 1. The zero-order chi connectivity index (χ0) is 13.1. The highest BCUT2D eigenvalue weighted by atomic mass is 19.1. The molecule has 5 heteroatoms. The topological polar surface area (TPSA) is 41.6 Å². The smallest absolute Gasteiger partial charge is 0.244 e. The van der Waals surface area contributed by atoms with E-state index >= 15 is 0 Å². The van der Waals surface area contributed by atoms with Crippen molar-refractivity contribution in [3.8, 4) is 5.75 Å². The maximum absolute atomic E-state index is 13.6. The third-order valence-corrected chi connectivity index (χ3v) is 3.00. The average Bonchev–Trinajstić information content (AvgIpc) is 2.65. The molecule has 1 N–H and O–H groups in total. The summed E-state index contributed by atoms with van der Waals surface area (Å²) in [5, 5.41) is 3.04. The van der Waals surface area contributed by atoms with Crippen LogP contribution in [0.3, 0.4) is 0 Å². The van der Waals surface area contributed by atoms with E-state index < -0.39 is 5.82 Å². The minimum Gasteiger partial charge on any atom is -0.491 e. The number of likely N-dealkylation sites (N-methyl/N-ethyl adjacent to an activating group) is 1. The van der Waals surface area contributed by atoms with E-state index in [0.717, 1.165) is 13.0 Å². The number of rotatable bonds is 4. The molecule has 1 aromatic rings. The lowest BCUT2D eigenvalue weighted by molar-refractivity contribution is -0.127. The zero-order valence-electron chi connectivity index (χ0n) is 10.6. The number of amides is 1. The van der Waals surface area contributed by atoms with E-state index in [9.17, 15) is 9.18 Å². The molecule has 0 aromatic heterocycles. The zero-order valence-corrected chi connectivity index (χ0v) is 10.6. The molecule has 0 bridgehead atoms. The molecular weight excluding hydrogens is 235 g/mol. The van der Waals surface area contributed by atoms with Gasteiger partial charge in [-0.1, -0.05) is 0 Å². The molecule has 0 radical (unpaired) electrons. The molecule has 98 valence electrons. The van der Waals surface area contributed by atoms with Gasteiger partial charge in [-0.3, -0.25) is 4.79 Å². The Morgan fingerprint density at radius 1 is 1.56 bits per heavy atom. The van der Waals surface area contributed by atoms with Crippen LogP contribution in [0, 0.1) is 5.82 Å². The van der Waals surface area contributed by atoms with E-state index in [0.29, 0.717) is 12.3 Å². The van der Waals surface area contributed by atoms with Crippen molar-refractivity contribution in [1.29, 1.82) is 0 Å². The van der Waals surface area contributed by atoms with Crippen molar-refractivity contribution in [2.45, 2.75) is 19.4 Å². The maximum atomic E-state index is 13.6. The molecule has 4 nitrogen and oxygen atoms in total. The predicted octanol–water partition coefficient (Wildman–Crippen LogP) is 1.87. The Morgan fingerprint density at radius 2 is 2.33 bits per heavy atom. The first-order valence-corrected chi connectivity index (χ1v) is 6.05. The quantitative estimate of drug-likeness (QED) is 0.889. The van der Waals surface area contributed by atoms with Gasteiger partial charge in [0.15, 0.2) is 11.6 Å². The van der Waals surface area contributed by atoms with Crippen LogP contribution in [0.1, 0.15) is 13.3 Å². The highest BCUT2D eigenvalue weighted by Crippen LogP contribution is 2.23. The molecule has 2 rings (SSSR count). The highest BCUT2D eigenvalue weighted by Gasteiger charge is 2.28. The molecule has 18 heavy (non-hydrogen) atoms. The van der Waals surface area contributed by atoms with E-state index in [2.05, 4.69) is 5.32 Å². The minimum absolute atomic E-state index is 0.0456. The van der Waals surface area contributed by atoms with Crippen molar-refractivity contribution in [2.24, 2.45) is 0 Å². The van der Waals surface area contributed by atoms with Crippen molar-refractivity contribution >= 4 is 11.6 Å². The fraction of sp³-hybridized carbons (Fsp3) is 0.462. The summed E-state index contributed by atoms with van der Waals surface area (Å²) >= 11 is 0. The van der Waals surface area contributed by atoms with Crippen LogP contribution in [0.2, 0.25) is 0 Å². The van der Waals surface area contributed by atoms with Crippen molar-refractivity contribution in [3.63, 3.8) is 0 Å². The second-order valence-corrected chi connectivity index (χ2v) is 4.32. The Labute approximate surface area is 106 Å². The Hall–Kier alpha value is -1.78. The van der Waals surface area contributed by atoms with Gasteiger partial charge in [-0.25, -0.2) is 4.39 Å². The van der Waals surface area contributed by atoms with Crippen LogP contribution in [0.5, 0.6) is 5.75 Å². The van der Waals surface area contributed by atoms with Gasteiger partial charge in [0.05, 0.1) is 6.61 Å². The van der Waals surface area contributed by atoms with Gasteiger partial charge in [0, 0.05) is 25.3 Å². The first kappa shape index (κ1) is 12.7. The molecule has 1 aromatic carbocycles. The predicted molar refractivity (Wildman–Crippen MR) is 67.2 cm³/mol. The SMILES string of the molecule is CCOc1ccc(NC2CCN(C)C2=O)cc1F. The molecule has 1 fully saturated rings. The van der Waals surface area contributed by atoms with Crippen molar-refractivity contribution < 1.29 is 13.9 Å². The van der Waals surface area contributed by atoms with E-state index in [4.69, 9.17) is 4.74 Å². The standard InChI is InChI=1S/C13H17FN2O2/c1-3-18-12-5-4-9(8-10(12)14)15-11-6-7-16(2)13(11)17/h4-5,8,11,15H,3,6-7H2,1-2H3. The largest absolute Gasteiger partial charge is 0.491 e. The highest BCUT2D eigenvalue weighted by molar-refractivity contribution is 5.86. The van der Waals surface area contributed by atoms with Gasteiger partial charge in [0.1, 0.15) is 6.04 Å². The second-order valence-electron chi connectivity index (χ2n) is 4.32. The average molecular weight is 252 g/mol. The molecule has 1 heterocycles. The van der Waals surface area contributed by atoms with Crippen LogP contribution >= 0.6 is 0 Å². The molecule has 0 spiro atoms. The molecule has 1 atom stereocenters. The van der Waals surface area contributed by atoms with Crippen molar-refractivity contribution in [2.75, 3.05) is 25.5 Å². The van der Waals surface area contributed by atoms with Crippen LogP contribution in [0.25, 0.3) is 0 Å². The van der Waals surface area contributed by atoms with Crippen LogP contribution in [-0.2, 0) is 4.79 Å². The monoisotopic (exact) mass is 252 g/mol. The lowest BCUT2D eigenvalue weighted by atomic mass is 10.2. The summed E-state index contributed by atoms with van der Waals surface area (Å²) in [6.45, 7) is 2.96. The Morgan fingerprint density at radius 3 is 2.89 bits per heavy atom. The normalized spacial score (nSPS) is 19.2. The van der Waals surface area contributed by atoms with Crippen LogP contribution in [-0.4, -0.2) is 37.0 Å². The van der Waals surface area contributed by atoms with Gasteiger partial charge >= 0.3 is 0 Å². The van der Waals surface area contributed by atoms with Gasteiger partial charge in [-0.15, -0.1) is 0 Å². The number of benzene rings is 1. The summed E-state index contributed by atoms with van der Waals surface area (Å²) in [5.41, 5.74) is 0.601. The number of carbonyl (C=O) groups excluding carboxylic acids is 1. The number of halogens is 1. The number of carbonyl (C=O) groups is 1. The molecule has 0 saturated carbocycles. The van der Waals surface area contributed by atoms with Gasteiger partial charge in [0.25, 0.3) is 0 Å².